The number of fused-ring (bicyclic) bond motifs is 5. The zero-order chi connectivity index (χ0) is 16.9. The highest BCUT2D eigenvalue weighted by Gasteiger charge is 2.61. The Balaban J connectivity index is 1.58. The molecule has 4 saturated carbocycles. The monoisotopic (exact) mass is 330 g/mol. The van der Waals surface area contributed by atoms with Gasteiger partial charge in [-0.05, 0) is 97.7 Å². The van der Waals surface area contributed by atoms with E-state index in [2.05, 4.69) is 27.7 Å². The molecule has 138 valence electrons. The lowest BCUT2D eigenvalue weighted by molar-refractivity contribution is -0.143. The van der Waals surface area contributed by atoms with Gasteiger partial charge in [0.15, 0.2) is 0 Å². The maximum Gasteiger partial charge on any atom is -0.0261 e. The van der Waals surface area contributed by atoms with E-state index in [-0.39, 0.29) is 0 Å². The summed E-state index contributed by atoms with van der Waals surface area (Å²) in [6, 6.07) is 0. The van der Waals surface area contributed by atoms with E-state index in [1.807, 2.05) is 0 Å². The van der Waals surface area contributed by atoms with E-state index >= 15 is 0 Å². The summed E-state index contributed by atoms with van der Waals surface area (Å²) in [5, 5.41) is 0. The summed E-state index contributed by atoms with van der Waals surface area (Å²) < 4.78 is 0. The third kappa shape index (κ3) is 2.44. The summed E-state index contributed by atoms with van der Waals surface area (Å²) >= 11 is 0. The second kappa shape index (κ2) is 6.31. The minimum Gasteiger partial charge on any atom is -0.0654 e. The molecule has 0 bridgehead atoms. The Labute approximate surface area is 151 Å². The first-order valence-corrected chi connectivity index (χ1v) is 11.5. The SMILES string of the molecule is CCC[C@@H](C)[C@H]1CCC2C1CCC1C3(C)CCCCC3CCC21C. The quantitative estimate of drug-likeness (QED) is 0.503. The lowest BCUT2D eigenvalue weighted by Crippen LogP contribution is -2.55. The molecule has 4 aliphatic rings. The van der Waals surface area contributed by atoms with Gasteiger partial charge >= 0.3 is 0 Å². The second-order valence-corrected chi connectivity index (χ2v) is 10.9. The van der Waals surface area contributed by atoms with Crippen molar-refractivity contribution < 1.29 is 0 Å². The molecule has 4 fully saturated rings. The van der Waals surface area contributed by atoms with Gasteiger partial charge in [0.2, 0.25) is 0 Å². The minimum atomic E-state index is 0.687. The normalized spacial score (nSPS) is 52.2. The van der Waals surface area contributed by atoms with E-state index in [1.54, 1.807) is 51.4 Å². The molecule has 0 heterocycles. The summed E-state index contributed by atoms with van der Waals surface area (Å²) in [6.07, 6.45) is 18.4. The molecule has 0 radical (unpaired) electrons. The molecular weight excluding hydrogens is 288 g/mol. The molecule has 6 unspecified atom stereocenters. The van der Waals surface area contributed by atoms with Crippen LogP contribution in [0.5, 0.6) is 0 Å². The molecule has 0 heteroatoms. The molecule has 0 aromatic carbocycles. The van der Waals surface area contributed by atoms with Crippen LogP contribution in [0.15, 0.2) is 0 Å². The highest BCUT2D eigenvalue weighted by Crippen LogP contribution is 2.69. The van der Waals surface area contributed by atoms with Crippen LogP contribution in [0.25, 0.3) is 0 Å². The van der Waals surface area contributed by atoms with Gasteiger partial charge in [0, 0.05) is 0 Å². The van der Waals surface area contributed by atoms with Gasteiger partial charge in [-0.1, -0.05) is 53.4 Å². The zero-order valence-electron chi connectivity index (χ0n) is 16.9. The molecule has 4 rings (SSSR count). The molecule has 0 saturated heterocycles. The Kier molecular flexibility index (Phi) is 4.58. The molecular formula is C24H42. The topological polar surface area (TPSA) is 0 Å². The predicted molar refractivity (Wildman–Crippen MR) is 104 cm³/mol. The van der Waals surface area contributed by atoms with Gasteiger partial charge in [0.1, 0.15) is 0 Å². The Morgan fingerprint density at radius 1 is 0.875 bits per heavy atom. The van der Waals surface area contributed by atoms with E-state index in [0.29, 0.717) is 10.8 Å². The largest absolute Gasteiger partial charge is 0.0654 e. The number of hydrogen-bond acceptors (Lipinski definition) is 0. The Hall–Kier alpha value is 0. The molecule has 0 nitrogen and oxygen atoms in total. The van der Waals surface area contributed by atoms with Gasteiger partial charge in [0.05, 0.1) is 0 Å². The highest BCUT2D eigenvalue weighted by atomic mass is 14.7. The number of rotatable bonds is 3. The highest BCUT2D eigenvalue weighted by molar-refractivity contribution is 5.10. The molecule has 0 N–H and O–H groups in total. The van der Waals surface area contributed by atoms with Crippen molar-refractivity contribution in [1.29, 1.82) is 0 Å². The van der Waals surface area contributed by atoms with Gasteiger partial charge in [-0.3, -0.25) is 0 Å². The average molecular weight is 331 g/mol. The van der Waals surface area contributed by atoms with Crippen LogP contribution in [0.2, 0.25) is 0 Å². The van der Waals surface area contributed by atoms with E-state index in [1.165, 1.54) is 25.7 Å². The third-order valence-corrected chi connectivity index (χ3v) is 10.1. The van der Waals surface area contributed by atoms with Crippen molar-refractivity contribution >= 4 is 0 Å². The fraction of sp³-hybridized carbons (Fsp3) is 1.00. The summed E-state index contributed by atoms with van der Waals surface area (Å²) in [4.78, 5) is 0. The maximum absolute atomic E-state index is 2.76. The number of hydrogen-bond donors (Lipinski definition) is 0. The second-order valence-electron chi connectivity index (χ2n) is 10.9. The van der Waals surface area contributed by atoms with E-state index in [9.17, 15) is 0 Å². The van der Waals surface area contributed by atoms with Gasteiger partial charge in [-0.25, -0.2) is 0 Å². The summed E-state index contributed by atoms with van der Waals surface area (Å²) in [5.74, 6) is 6.30. The molecule has 0 aliphatic heterocycles. The van der Waals surface area contributed by atoms with E-state index in [4.69, 9.17) is 0 Å². The average Bonchev–Trinajstić information content (AvgIpc) is 3.00. The first-order chi connectivity index (χ1) is 11.5. The zero-order valence-corrected chi connectivity index (χ0v) is 16.9. The van der Waals surface area contributed by atoms with Gasteiger partial charge in [-0.2, -0.15) is 0 Å². The van der Waals surface area contributed by atoms with Crippen molar-refractivity contribution in [3.05, 3.63) is 0 Å². The van der Waals surface area contributed by atoms with Crippen LogP contribution >= 0.6 is 0 Å². The van der Waals surface area contributed by atoms with Crippen LogP contribution in [0.4, 0.5) is 0 Å². The van der Waals surface area contributed by atoms with Crippen molar-refractivity contribution in [2.45, 2.75) is 105 Å². The minimum absolute atomic E-state index is 0.687. The van der Waals surface area contributed by atoms with Gasteiger partial charge in [-0.15, -0.1) is 0 Å². The molecule has 0 amide bonds. The summed E-state index contributed by atoms with van der Waals surface area (Å²) in [5.41, 5.74) is 1.38. The standard InChI is InChI=1S/C24H42/c1-5-8-17(2)19-10-12-21-20(19)11-13-22-23(3)15-7-6-9-18(23)14-16-24(21,22)4/h17-22H,5-16H2,1-4H3/t17-,18?,19-,20?,21?,22?,23?,24?/m1/s1. The third-order valence-electron chi connectivity index (χ3n) is 10.1. The first-order valence-electron chi connectivity index (χ1n) is 11.5. The first kappa shape index (κ1) is 17.4. The molecule has 8 atom stereocenters. The summed E-state index contributed by atoms with van der Waals surface area (Å²) in [7, 11) is 0. The predicted octanol–water partition coefficient (Wildman–Crippen LogP) is 7.47. The van der Waals surface area contributed by atoms with Crippen molar-refractivity contribution in [3.8, 4) is 0 Å². The Morgan fingerprint density at radius 3 is 2.50 bits per heavy atom. The van der Waals surface area contributed by atoms with E-state index in [0.717, 1.165) is 35.5 Å². The van der Waals surface area contributed by atoms with Crippen LogP contribution in [-0.4, -0.2) is 0 Å². The molecule has 4 aliphatic carbocycles. The molecule has 0 aromatic rings. The van der Waals surface area contributed by atoms with Crippen LogP contribution < -0.4 is 0 Å². The molecule has 0 spiro atoms. The lowest BCUT2D eigenvalue weighted by atomic mass is 9.41. The molecule has 0 aromatic heterocycles. The van der Waals surface area contributed by atoms with Crippen molar-refractivity contribution in [2.24, 2.45) is 46.3 Å². The van der Waals surface area contributed by atoms with Crippen molar-refractivity contribution in [1.82, 2.24) is 0 Å². The Bertz CT molecular complexity index is 453. The van der Waals surface area contributed by atoms with Crippen molar-refractivity contribution in [2.75, 3.05) is 0 Å². The lowest BCUT2D eigenvalue weighted by Gasteiger charge is -2.63. The van der Waals surface area contributed by atoms with Crippen LogP contribution in [0.1, 0.15) is 105 Å². The molecule has 24 heavy (non-hydrogen) atoms. The maximum atomic E-state index is 2.76. The smallest absolute Gasteiger partial charge is 0.0261 e. The Morgan fingerprint density at radius 2 is 1.71 bits per heavy atom. The van der Waals surface area contributed by atoms with Crippen LogP contribution in [0.3, 0.4) is 0 Å². The fourth-order valence-corrected chi connectivity index (χ4v) is 8.95. The van der Waals surface area contributed by atoms with Gasteiger partial charge < -0.3 is 0 Å². The summed E-state index contributed by atoms with van der Waals surface area (Å²) in [6.45, 7) is 10.4. The van der Waals surface area contributed by atoms with Crippen LogP contribution in [-0.2, 0) is 0 Å². The van der Waals surface area contributed by atoms with Gasteiger partial charge in [0.25, 0.3) is 0 Å². The van der Waals surface area contributed by atoms with Crippen LogP contribution in [0, 0.1) is 46.3 Å². The fourth-order valence-electron chi connectivity index (χ4n) is 8.95. The van der Waals surface area contributed by atoms with Crippen molar-refractivity contribution in [3.63, 3.8) is 0 Å². The van der Waals surface area contributed by atoms with E-state index < -0.39 is 0 Å².